The zero-order valence-corrected chi connectivity index (χ0v) is 14.6. The Morgan fingerprint density at radius 2 is 1.60 bits per heavy atom. The van der Waals surface area contributed by atoms with Crippen LogP contribution < -0.4 is 4.90 Å². The van der Waals surface area contributed by atoms with Crippen LogP contribution in [-0.2, 0) is 6.54 Å². The number of benzene rings is 2. The Morgan fingerprint density at radius 3 is 2.20 bits per heavy atom. The minimum absolute atomic E-state index is 0.0489. The maximum Gasteiger partial charge on any atom is 0.259 e. The number of pyridine rings is 1. The molecule has 0 bridgehead atoms. The molecule has 0 radical (unpaired) electrons. The molecule has 3 aromatic rings. The van der Waals surface area contributed by atoms with Gasteiger partial charge in [-0.25, -0.2) is 4.98 Å². The minimum atomic E-state index is -0.0489. The van der Waals surface area contributed by atoms with Gasteiger partial charge in [-0.15, -0.1) is 0 Å². The highest BCUT2D eigenvalue weighted by Crippen LogP contribution is 2.20. The van der Waals surface area contributed by atoms with Gasteiger partial charge < -0.3 is 0 Å². The molecule has 0 aliphatic rings. The van der Waals surface area contributed by atoms with Crippen LogP contribution in [0.1, 0.15) is 41.3 Å². The third-order valence-electron chi connectivity index (χ3n) is 4.18. The molecule has 25 heavy (non-hydrogen) atoms. The average molecular weight is 330 g/mol. The molecule has 1 aromatic heterocycles. The van der Waals surface area contributed by atoms with E-state index in [1.807, 2.05) is 48.5 Å². The molecule has 2 aromatic carbocycles. The van der Waals surface area contributed by atoms with Crippen LogP contribution in [0.4, 0.5) is 5.82 Å². The second-order valence-electron chi connectivity index (χ2n) is 6.34. The summed E-state index contributed by atoms with van der Waals surface area (Å²) in [5, 5.41) is 0. The van der Waals surface area contributed by atoms with Crippen molar-refractivity contribution in [1.82, 2.24) is 4.98 Å². The Morgan fingerprint density at radius 1 is 0.920 bits per heavy atom. The third-order valence-corrected chi connectivity index (χ3v) is 4.18. The van der Waals surface area contributed by atoms with E-state index in [9.17, 15) is 4.79 Å². The summed E-state index contributed by atoms with van der Waals surface area (Å²) in [6.45, 7) is 4.84. The number of carbonyl (C=O) groups excluding carboxylic acids is 1. The number of amides is 1. The van der Waals surface area contributed by atoms with Crippen molar-refractivity contribution in [1.29, 1.82) is 0 Å². The van der Waals surface area contributed by atoms with E-state index in [0.29, 0.717) is 23.8 Å². The highest BCUT2D eigenvalue weighted by molar-refractivity contribution is 6.05. The van der Waals surface area contributed by atoms with Gasteiger partial charge in [0.15, 0.2) is 0 Å². The first kappa shape index (κ1) is 16.9. The summed E-state index contributed by atoms with van der Waals surface area (Å²) in [4.78, 5) is 19.1. The lowest BCUT2D eigenvalue weighted by Crippen LogP contribution is -2.31. The van der Waals surface area contributed by atoms with Crippen LogP contribution in [0, 0.1) is 0 Å². The van der Waals surface area contributed by atoms with E-state index in [-0.39, 0.29) is 5.91 Å². The highest BCUT2D eigenvalue weighted by atomic mass is 16.2. The summed E-state index contributed by atoms with van der Waals surface area (Å²) in [5.41, 5.74) is 3.04. The first-order chi connectivity index (χ1) is 12.1. The van der Waals surface area contributed by atoms with Gasteiger partial charge >= 0.3 is 0 Å². The second-order valence-corrected chi connectivity index (χ2v) is 6.34. The van der Waals surface area contributed by atoms with Crippen LogP contribution in [0.2, 0.25) is 0 Å². The van der Waals surface area contributed by atoms with Gasteiger partial charge in [0.1, 0.15) is 5.82 Å². The number of aromatic nitrogens is 1. The maximum absolute atomic E-state index is 13.0. The molecule has 126 valence electrons. The van der Waals surface area contributed by atoms with Crippen molar-refractivity contribution in [2.45, 2.75) is 26.3 Å². The Balaban J connectivity index is 1.90. The first-order valence-corrected chi connectivity index (χ1v) is 8.52. The van der Waals surface area contributed by atoms with Gasteiger partial charge in [0.25, 0.3) is 5.91 Å². The highest BCUT2D eigenvalue weighted by Gasteiger charge is 2.19. The summed E-state index contributed by atoms with van der Waals surface area (Å²) in [6.07, 6.45) is 1.71. The van der Waals surface area contributed by atoms with Gasteiger partial charge in [-0.2, -0.15) is 0 Å². The summed E-state index contributed by atoms with van der Waals surface area (Å²) in [6, 6.07) is 23.4. The van der Waals surface area contributed by atoms with Crippen LogP contribution in [-0.4, -0.2) is 10.9 Å². The van der Waals surface area contributed by atoms with E-state index in [1.54, 1.807) is 11.1 Å². The van der Waals surface area contributed by atoms with Crippen molar-refractivity contribution in [3.63, 3.8) is 0 Å². The fraction of sp³-hybridized carbons (Fsp3) is 0.182. The predicted octanol–water partition coefficient (Wildman–Crippen LogP) is 5.05. The van der Waals surface area contributed by atoms with Crippen LogP contribution in [0.5, 0.6) is 0 Å². The standard InChI is InChI=1S/C22H22N2O/c1-17(2)19-13-11-18(12-14-19)16-24(21-10-6-7-15-23-21)22(25)20-8-4-3-5-9-20/h3-15,17H,16H2,1-2H3. The zero-order chi connectivity index (χ0) is 17.6. The third kappa shape index (κ3) is 4.13. The summed E-state index contributed by atoms with van der Waals surface area (Å²) in [5.74, 6) is 1.10. The smallest absolute Gasteiger partial charge is 0.259 e. The number of anilines is 1. The predicted molar refractivity (Wildman–Crippen MR) is 102 cm³/mol. The number of hydrogen-bond donors (Lipinski definition) is 0. The number of carbonyl (C=O) groups is 1. The molecule has 0 N–H and O–H groups in total. The van der Waals surface area contributed by atoms with Crippen molar-refractivity contribution in [3.05, 3.63) is 95.7 Å². The largest absolute Gasteiger partial charge is 0.288 e. The molecular weight excluding hydrogens is 308 g/mol. The average Bonchev–Trinajstić information content (AvgIpc) is 2.67. The summed E-state index contributed by atoms with van der Waals surface area (Å²) in [7, 11) is 0. The lowest BCUT2D eigenvalue weighted by molar-refractivity contribution is 0.0984. The van der Waals surface area contributed by atoms with E-state index in [2.05, 4.69) is 43.1 Å². The Labute approximate surface area is 149 Å². The van der Waals surface area contributed by atoms with Crippen LogP contribution in [0.3, 0.4) is 0 Å². The molecule has 1 amide bonds. The second kappa shape index (κ2) is 7.75. The SMILES string of the molecule is CC(C)c1ccc(CN(C(=O)c2ccccc2)c2ccccn2)cc1. The Bertz CT molecular complexity index is 812. The molecule has 1 heterocycles. The Kier molecular flexibility index (Phi) is 5.24. The van der Waals surface area contributed by atoms with Crippen molar-refractivity contribution in [3.8, 4) is 0 Å². The number of hydrogen-bond acceptors (Lipinski definition) is 2. The van der Waals surface area contributed by atoms with E-state index in [1.165, 1.54) is 5.56 Å². The molecule has 0 unspecified atom stereocenters. The van der Waals surface area contributed by atoms with Crippen molar-refractivity contribution in [2.24, 2.45) is 0 Å². The maximum atomic E-state index is 13.0. The van der Waals surface area contributed by atoms with Gasteiger partial charge in [-0.1, -0.05) is 62.4 Å². The Hall–Kier alpha value is -2.94. The molecule has 0 aliphatic carbocycles. The number of rotatable bonds is 5. The van der Waals surface area contributed by atoms with E-state index in [4.69, 9.17) is 0 Å². The van der Waals surface area contributed by atoms with Gasteiger partial charge in [0, 0.05) is 11.8 Å². The first-order valence-electron chi connectivity index (χ1n) is 8.52. The molecular formula is C22H22N2O. The van der Waals surface area contributed by atoms with Crippen molar-refractivity contribution >= 4 is 11.7 Å². The minimum Gasteiger partial charge on any atom is -0.288 e. The monoisotopic (exact) mass is 330 g/mol. The van der Waals surface area contributed by atoms with E-state index >= 15 is 0 Å². The van der Waals surface area contributed by atoms with Crippen LogP contribution in [0.15, 0.2) is 79.0 Å². The van der Waals surface area contributed by atoms with E-state index in [0.717, 1.165) is 5.56 Å². The number of nitrogens with zero attached hydrogens (tertiary/aromatic N) is 2. The van der Waals surface area contributed by atoms with Crippen LogP contribution in [0.25, 0.3) is 0 Å². The molecule has 0 aliphatic heterocycles. The van der Waals surface area contributed by atoms with Crippen LogP contribution >= 0.6 is 0 Å². The molecule has 0 saturated heterocycles. The van der Waals surface area contributed by atoms with Gasteiger partial charge in [-0.3, -0.25) is 9.69 Å². The fourth-order valence-corrected chi connectivity index (χ4v) is 2.70. The van der Waals surface area contributed by atoms with E-state index < -0.39 is 0 Å². The van der Waals surface area contributed by atoms with Gasteiger partial charge in [-0.05, 0) is 41.3 Å². The molecule has 0 fully saturated rings. The fourth-order valence-electron chi connectivity index (χ4n) is 2.70. The van der Waals surface area contributed by atoms with Crippen molar-refractivity contribution < 1.29 is 4.79 Å². The lowest BCUT2D eigenvalue weighted by Gasteiger charge is -2.22. The molecule has 3 nitrogen and oxygen atoms in total. The van der Waals surface area contributed by atoms with Gasteiger partial charge in [0.05, 0.1) is 6.54 Å². The normalized spacial score (nSPS) is 10.7. The molecule has 0 spiro atoms. The molecule has 3 heteroatoms. The molecule has 3 rings (SSSR count). The quantitative estimate of drug-likeness (QED) is 0.656. The van der Waals surface area contributed by atoms with Crippen molar-refractivity contribution in [2.75, 3.05) is 4.90 Å². The molecule has 0 atom stereocenters. The molecule has 0 saturated carbocycles. The summed E-state index contributed by atoms with van der Waals surface area (Å²) < 4.78 is 0. The lowest BCUT2D eigenvalue weighted by atomic mass is 10.0. The van der Waals surface area contributed by atoms with Gasteiger partial charge in [0.2, 0.25) is 0 Å². The summed E-state index contributed by atoms with van der Waals surface area (Å²) >= 11 is 0. The topological polar surface area (TPSA) is 33.2 Å². The zero-order valence-electron chi connectivity index (χ0n) is 14.6.